The number of thioether (sulfide) groups is 1. The summed E-state index contributed by atoms with van der Waals surface area (Å²) in [5.41, 5.74) is 2.25. The Labute approximate surface area is 133 Å². The minimum atomic E-state index is -0.107. The fourth-order valence-electron chi connectivity index (χ4n) is 1.91. The molecule has 0 saturated carbocycles. The van der Waals surface area contributed by atoms with Crippen LogP contribution in [0.3, 0.4) is 0 Å². The second kappa shape index (κ2) is 7.17. The van der Waals surface area contributed by atoms with Crippen molar-refractivity contribution in [2.45, 2.75) is 13.0 Å². The van der Waals surface area contributed by atoms with Crippen molar-refractivity contribution in [1.82, 2.24) is 10.3 Å². The van der Waals surface area contributed by atoms with Gasteiger partial charge in [-0.1, -0.05) is 0 Å². The van der Waals surface area contributed by atoms with E-state index in [1.165, 1.54) is 0 Å². The number of carbonyl (C=O) groups excluding carboxylic acids is 1. The summed E-state index contributed by atoms with van der Waals surface area (Å²) >= 11 is 1.73. The Hall–Kier alpha value is -0.950. The number of nitrogens with one attached hydrogen (secondary N) is 2. The molecule has 1 aromatic carbocycles. The quantitative estimate of drug-likeness (QED) is 0.882. The Bertz CT molecular complexity index is 599. The van der Waals surface area contributed by atoms with Gasteiger partial charge in [-0.15, -0.1) is 36.6 Å². The average molecular weight is 336 g/mol. The molecule has 8 heteroatoms. The van der Waals surface area contributed by atoms with Gasteiger partial charge in [0.05, 0.1) is 6.04 Å². The lowest BCUT2D eigenvalue weighted by molar-refractivity contribution is -0.117. The molecule has 1 saturated heterocycles. The molecule has 1 unspecified atom stereocenters. The van der Waals surface area contributed by atoms with E-state index in [4.69, 9.17) is 4.42 Å². The zero-order valence-electron chi connectivity index (χ0n) is 10.7. The third-order valence-corrected chi connectivity index (χ3v) is 3.73. The van der Waals surface area contributed by atoms with E-state index in [9.17, 15) is 4.79 Å². The van der Waals surface area contributed by atoms with Crippen molar-refractivity contribution >= 4 is 59.3 Å². The molecule has 0 aliphatic carbocycles. The third kappa shape index (κ3) is 3.58. The van der Waals surface area contributed by atoms with Crippen LogP contribution in [0.5, 0.6) is 0 Å². The summed E-state index contributed by atoms with van der Waals surface area (Å²) in [4.78, 5) is 16.2. The highest BCUT2D eigenvalue weighted by Gasteiger charge is 2.22. The predicted octanol–water partition coefficient (Wildman–Crippen LogP) is 2.58. The van der Waals surface area contributed by atoms with Crippen LogP contribution in [0.4, 0.5) is 5.69 Å². The molecule has 0 spiro atoms. The zero-order valence-corrected chi connectivity index (χ0v) is 13.2. The smallest absolute Gasteiger partial charge is 0.242 e. The van der Waals surface area contributed by atoms with Crippen LogP contribution in [0.15, 0.2) is 22.6 Å². The summed E-state index contributed by atoms with van der Waals surface area (Å²) in [5, 5.41) is 6.02. The maximum atomic E-state index is 11.9. The van der Waals surface area contributed by atoms with Crippen molar-refractivity contribution in [1.29, 1.82) is 0 Å². The highest BCUT2D eigenvalue weighted by molar-refractivity contribution is 7.99. The molecule has 110 valence electrons. The van der Waals surface area contributed by atoms with Gasteiger partial charge in [-0.05, 0) is 18.2 Å². The molecular weight excluding hydrogens is 321 g/mol. The molecule has 1 aliphatic rings. The molecule has 0 bridgehead atoms. The van der Waals surface area contributed by atoms with Crippen molar-refractivity contribution in [3.63, 3.8) is 0 Å². The summed E-state index contributed by atoms with van der Waals surface area (Å²) in [6.45, 7) is 1.80. The maximum absolute atomic E-state index is 11.9. The van der Waals surface area contributed by atoms with Crippen LogP contribution in [0.1, 0.15) is 5.89 Å². The van der Waals surface area contributed by atoms with Crippen LogP contribution in [-0.2, 0) is 4.79 Å². The van der Waals surface area contributed by atoms with Crippen molar-refractivity contribution in [2.24, 2.45) is 0 Å². The summed E-state index contributed by atoms with van der Waals surface area (Å²) in [6, 6.07) is 5.37. The normalized spacial score (nSPS) is 17.4. The van der Waals surface area contributed by atoms with E-state index in [1.807, 2.05) is 18.2 Å². The monoisotopic (exact) mass is 335 g/mol. The van der Waals surface area contributed by atoms with E-state index in [2.05, 4.69) is 15.6 Å². The Morgan fingerprint density at radius 1 is 1.50 bits per heavy atom. The molecule has 1 fully saturated rings. The first kappa shape index (κ1) is 17.1. The van der Waals surface area contributed by atoms with E-state index in [-0.39, 0.29) is 36.8 Å². The Kier molecular flexibility index (Phi) is 6.13. The lowest BCUT2D eigenvalue weighted by Gasteiger charge is -2.10. The minimum absolute atomic E-state index is 0. The van der Waals surface area contributed by atoms with Crippen LogP contribution in [0.25, 0.3) is 11.1 Å². The predicted molar refractivity (Wildman–Crippen MR) is 86.1 cm³/mol. The summed E-state index contributed by atoms with van der Waals surface area (Å²) in [6.07, 6.45) is 0. The number of aryl methyl sites for hydroxylation is 1. The van der Waals surface area contributed by atoms with Crippen molar-refractivity contribution < 1.29 is 9.21 Å². The molecule has 1 aromatic heterocycles. The number of halogens is 2. The summed E-state index contributed by atoms with van der Waals surface area (Å²) in [5.74, 6) is 2.28. The van der Waals surface area contributed by atoms with E-state index >= 15 is 0 Å². The Balaban J connectivity index is 0.000001000. The van der Waals surface area contributed by atoms with Gasteiger partial charge in [0.1, 0.15) is 5.52 Å². The molecule has 3 rings (SSSR count). The second-order valence-electron chi connectivity index (χ2n) is 4.18. The SMILES string of the molecule is Cc1nc2cc(NC(=O)C3CSCN3)ccc2o1.Cl.Cl. The topological polar surface area (TPSA) is 67.2 Å². The first-order valence-corrected chi connectivity index (χ1v) is 6.87. The molecule has 2 aromatic rings. The second-order valence-corrected chi connectivity index (χ2v) is 5.21. The first-order chi connectivity index (χ1) is 8.72. The number of nitrogens with zero attached hydrogens (tertiary/aromatic N) is 1. The number of oxazole rings is 1. The first-order valence-electron chi connectivity index (χ1n) is 5.71. The average Bonchev–Trinajstić information content (AvgIpc) is 2.95. The van der Waals surface area contributed by atoms with Gasteiger partial charge in [0.15, 0.2) is 11.5 Å². The van der Waals surface area contributed by atoms with E-state index < -0.39 is 0 Å². The number of hydrogen-bond acceptors (Lipinski definition) is 5. The number of carbonyl (C=O) groups is 1. The highest BCUT2D eigenvalue weighted by atomic mass is 35.5. The van der Waals surface area contributed by atoms with Crippen LogP contribution in [0, 0.1) is 6.92 Å². The molecule has 20 heavy (non-hydrogen) atoms. The van der Waals surface area contributed by atoms with Gasteiger partial charge in [-0.3, -0.25) is 10.1 Å². The molecule has 2 N–H and O–H groups in total. The molecule has 1 atom stereocenters. The molecule has 1 amide bonds. The lowest BCUT2D eigenvalue weighted by atomic mass is 10.2. The van der Waals surface area contributed by atoms with Gasteiger partial charge in [0.2, 0.25) is 5.91 Å². The molecule has 2 heterocycles. The lowest BCUT2D eigenvalue weighted by Crippen LogP contribution is -2.37. The number of anilines is 1. The van der Waals surface area contributed by atoms with Gasteiger partial charge in [0.25, 0.3) is 0 Å². The number of hydrogen-bond donors (Lipinski definition) is 2. The van der Waals surface area contributed by atoms with E-state index in [1.54, 1.807) is 18.7 Å². The third-order valence-electron chi connectivity index (χ3n) is 2.79. The van der Waals surface area contributed by atoms with Crippen LogP contribution < -0.4 is 10.6 Å². The van der Waals surface area contributed by atoms with Gasteiger partial charge in [0, 0.05) is 24.2 Å². The summed E-state index contributed by atoms with van der Waals surface area (Å²) in [7, 11) is 0. The molecule has 5 nitrogen and oxygen atoms in total. The van der Waals surface area contributed by atoms with Gasteiger partial charge in [-0.2, -0.15) is 0 Å². The number of benzene rings is 1. The number of amides is 1. The zero-order chi connectivity index (χ0) is 12.5. The number of rotatable bonds is 2. The van der Waals surface area contributed by atoms with Crippen LogP contribution in [0.2, 0.25) is 0 Å². The van der Waals surface area contributed by atoms with Gasteiger partial charge in [-0.25, -0.2) is 4.98 Å². The highest BCUT2D eigenvalue weighted by Crippen LogP contribution is 2.20. The number of aromatic nitrogens is 1. The molecule has 0 radical (unpaired) electrons. The van der Waals surface area contributed by atoms with Crippen molar-refractivity contribution in [2.75, 3.05) is 16.9 Å². The maximum Gasteiger partial charge on any atom is 0.242 e. The Morgan fingerprint density at radius 2 is 2.30 bits per heavy atom. The standard InChI is InChI=1S/C12H13N3O2S.2ClH/c1-7-14-9-4-8(2-3-11(9)17-7)15-12(16)10-5-18-6-13-10;;/h2-4,10,13H,5-6H2,1H3,(H,15,16);2*1H. The Morgan fingerprint density at radius 3 is 3.00 bits per heavy atom. The van der Waals surface area contributed by atoms with Crippen LogP contribution >= 0.6 is 36.6 Å². The van der Waals surface area contributed by atoms with Crippen molar-refractivity contribution in [3.8, 4) is 0 Å². The summed E-state index contributed by atoms with van der Waals surface area (Å²) < 4.78 is 5.39. The fraction of sp³-hybridized carbons (Fsp3) is 0.333. The fourth-order valence-corrected chi connectivity index (χ4v) is 2.86. The van der Waals surface area contributed by atoms with Gasteiger partial charge < -0.3 is 9.73 Å². The molecule has 1 aliphatic heterocycles. The number of fused-ring (bicyclic) bond motifs is 1. The van der Waals surface area contributed by atoms with Gasteiger partial charge >= 0.3 is 0 Å². The minimum Gasteiger partial charge on any atom is -0.441 e. The van der Waals surface area contributed by atoms with Crippen molar-refractivity contribution in [3.05, 3.63) is 24.1 Å². The van der Waals surface area contributed by atoms with E-state index in [0.29, 0.717) is 5.89 Å². The molecular formula is C12H15Cl2N3O2S. The largest absolute Gasteiger partial charge is 0.441 e. The van der Waals surface area contributed by atoms with E-state index in [0.717, 1.165) is 28.4 Å². The van der Waals surface area contributed by atoms with Crippen LogP contribution in [-0.4, -0.2) is 28.6 Å².